The molecule has 1 rings (SSSR count). The summed E-state index contributed by atoms with van der Waals surface area (Å²) in [6.45, 7) is 5.18. The fourth-order valence-corrected chi connectivity index (χ4v) is 2.25. The van der Waals surface area contributed by atoms with Gasteiger partial charge in [0.05, 0.1) is 18.6 Å². The Kier molecular flexibility index (Phi) is 7.42. The zero-order valence-corrected chi connectivity index (χ0v) is 11.5. The standard InChI is InChI=1S/C13H25NO4/c1-16-7-3-5-14(6-9-17-2)10-13(11-15)4-8-18-12-13/h11H,3-10,12H2,1-2H3. The number of nitrogens with zero attached hydrogens (tertiary/aromatic N) is 1. The maximum absolute atomic E-state index is 11.3. The van der Waals surface area contributed by atoms with E-state index in [0.717, 1.165) is 45.4 Å². The number of hydrogen-bond acceptors (Lipinski definition) is 5. The highest BCUT2D eigenvalue weighted by atomic mass is 16.5. The van der Waals surface area contributed by atoms with Gasteiger partial charge in [-0.05, 0) is 12.8 Å². The molecule has 0 saturated carbocycles. The van der Waals surface area contributed by atoms with Crippen LogP contribution in [0.1, 0.15) is 12.8 Å². The molecule has 0 N–H and O–H groups in total. The van der Waals surface area contributed by atoms with Gasteiger partial charge in [0.1, 0.15) is 6.29 Å². The first-order valence-corrected chi connectivity index (χ1v) is 6.50. The molecule has 0 radical (unpaired) electrons. The van der Waals surface area contributed by atoms with Crippen molar-refractivity contribution in [3.63, 3.8) is 0 Å². The molecular weight excluding hydrogens is 234 g/mol. The number of rotatable bonds is 10. The van der Waals surface area contributed by atoms with Crippen LogP contribution in [-0.4, -0.2) is 71.5 Å². The Morgan fingerprint density at radius 3 is 2.61 bits per heavy atom. The summed E-state index contributed by atoms with van der Waals surface area (Å²) in [5, 5.41) is 0. The van der Waals surface area contributed by atoms with Crippen LogP contribution in [0.25, 0.3) is 0 Å². The lowest BCUT2D eigenvalue weighted by molar-refractivity contribution is -0.117. The van der Waals surface area contributed by atoms with E-state index in [-0.39, 0.29) is 5.41 Å². The molecule has 0 aromatic heterocycles. The molecule has 5 nitrogen and oxygen atoms in total. The van der Waals surface area contributed by atoms with Crippen molar-refractivity contribution in [2.75, 3.05) is 60.3 Å². The SMILES string of the molecule is COCCCN(CCOC)CC1(C=O)CCOC1. The van der Waals surface area contributed by atoms with Crippen LogP contribution in [0.2, 0.25) is 0 Å². The molecule has 0 spiro atoms. The van der Waals surface area contributed by atoms with Crippen molar-refractivity contribution in [2.24, 2.45) is 5.41 Å². The predicted octanol–water partition coefficient (Wildman–Crippen LogP) is 0.577. The molecule has 1 atom stereocenters. The maximum atomic E-state index is 11.3. The van der Waals surface area contributed by atoms with Crippen molar-refractivity contribution < 1.29 is 19.0 Å². The van der Waals surface area contributed by atoms with Gasteiger partial charge < -0.3 is 19.0 Å². The van der Waals surface area contributed by atoms with E-state index in [0.29, 0.717) is 19.8 Å². The van der Waals surface area contributed by atoms with Gasteiger partial charge in [0.2, 0.25) is 0 Å². The van der Waals surface area contributed by atoms with Gasteiger partial charge in [-0.15, -0.1) is 0 Å². The van der Waals surface area contributed by atoms with E-state index in [1.165, 1.54) is 0 Å². The molecule has 106 valence electrons. The summed E-state index contributed by atoms with van der Waals surface area (Å²) in [5.74, 6) is 0. The van der Waals surface area contributed by atoms with Crippen molar-refractivity contribution >= 4 is 6.29 Å². The Bertz CT molecular complexity index is 229. The van der Waals surface area contributed by atoms with E-state index in [1.54, 1.807) is 14.2 Å². The lowest BCUT2D eigenvalue weighted by Gasteiger charge is -2.30. The molecule has 1 aliphatic heterocycles. The number of hydrogen-bond donors (Lipinski definition) is 0. The second-order valence-corrected chi connectivity index (χ2v) is 4.90. The van der Waals surface area contributed by atoms with Crippen molar-refractivity contribution in [2.45, 2.75) is 12.8 Å². The average Bonchev–Trinajstić information content (AvgIpc) is 2.85. The second kappa shape index (κ2) is 8.58. The fraction of sp³-hybridized carbons (Fsp3) is 0.923. The van der Waals surface area contributed by atoms with Gasteiger partial charge in [0.25, 0.3) is 0 Å². The molecule has 0 aliphatic carbocycles. The minimum atomic E-state index is -0.319. The van der Waals surface area contributed by atoms with Gasteiger partial charge in [-0.2, -0.15) is 0 Å². The largest absolute Gasteiger partial charge is 0.385 e. The Labute approximate surface area is 109 Å². The molecule has 5 heteroatoms. The van der Waals surface area contributed by atoms with E-state index in [2.05, 4.69) is 4.90 Å². The number of carbonyl (C=O) groups excluding carboxylic acids is 1. The lowest BCUT2D eigenvalue weighted by atomic mass is 9.88. The summed E-state index contributed by atoms with van der Waals surface area (Å²) in [6, 6.07) is 0. The van der Waals surface area contributed by atoms with Crippen LogP contribution in [0.4, 0.5) is 0 Å². The van der Waals surface area contributed by atoms with Crippen molar-refractivity contribution in [1.82, 2.24) is 4.90 Å². The van der Waals surface area contributed by atoms with Gasteiger partial charge in [-0.3, -0.25) is 4.90 Å². The van der Waals surface area contributed by atoms with E-state index < -0.39 is 0 Å². The van der Waals surface area contributed by atoms with Crippen LogP contribution in [0.5, 0.6) is 0 Å². The third kappa shape index (κ3) is 5.02. The van der Waals surface area contributed by atoms with Crippen LogP contribution in [0.15, 0.2) is 0 Å². The highest BCUT2D eigenvalue weighted by Crippen LogP contribution is 2.27. The minimum absolute atomic E-state index is 0.319. The van der Waals surface area contributed by atoms with Gasteiger partial charge >= 0.3 is 0 Å². The molecular formula is C13H25NO4. The summed E-state index contributed by atoms with van der Waals surface area (Å²) < 4.78 is 15.6. The minimum Gasteiger partial charge on any atom is -0.385 e. The highest BCUT2D eigenvalue weighted by Gasteiger charge is 2.36. The van der Waals surface area contributed by atoms with Gasteiger partial charge in [0.15, 0.2) is 0 Å². The number of carbonyl (C=O) groups is 1. The molecule has 0 bridgehead atoms. The first-order valence-electron chi connectivity index (χ1n) is 6.50. The molecule has 0 aromatic carbocycles. The van der Waals surface area contributed by atoms with Gasteiger partial charge in [0, 0.05) is 47.1 Å². The molecule has 18 heavy (non-hydrogen) atoms. The van der Waals surface area contributed by atoms with Crippen LogP contribution in [0, 0.1) is 5.41 Å². The van der Waals surface area contributed by atoms with Crippen molar-refractivity contribution in [1.29, 1.82) is 0 Å². The summed E-state index contributed by atoms with van der Waals surface area (Å²) in [5.41, 5.74) is -0.319. The fourth-order valence-electron chi connectivity index (χ4n) is 2.25. The Hall–Kier alpha value is -0.490. The third-order valence-electron chi connectivity index (χ3n) is 3.36. The van der Waals surface area contributed by atoms with Crippen molar-refractivity contribution in [3.05, 3.63) is 0 Å². The van der Waals surface area contributed by atoms with Gasteiger partial charge in [-0.1, -0.05) is 0 Å². The second-order valence-electron chi connectivity index (χ2n) is 4.90. The zero-order valence-electron chi connectivity index (χ0n) is 11.5. The first kappa shape index (κ1) is 15.6. The van der Waals surface area contributed by atoms with Crippen LogP contribution >= 0.6 is 0 Å². The quantitative estimate of drug-likeness (QED) is 0.424. The topological polar surface area (TPSA) is 48.0 Å². The number of aldehydes is 1. The molecule has 1 saturated heterocycles. The van der Waals surface area contributed by atoms with Gasteiger partial charge in [-0.25, -0.2) is 0 Å². The Morgan fingerprint density at radius 2 is 2.06 bits per heavy atom. The lowest BCUT2D eigenvalue weighted by Crippen LogP contribution is -2.41. The van der Waals surface area contributed by atoms with E-state index >= 15 is 0 Å². The highest BCUT2D eigenvalue weighted by molar-refractivity contribution is 5.60. The molecule has 1 unspecified atom stereocenters. The Morgan fingerprint density at radius 1 is 1.28 bits per heavy atom. The maximum Gasteiger partial charge on any atom is 0.129 e. The van der Waals surface area contributed by atoms with E-state index in [9.17, 15) is 4.79 Å². The van der Waals surface area contributed by atoms with Crippen LogP contribution in [-0.2, 0) is 19.0 Å². The predicted molar refractivity (Wildman–Crippen MR) is 68.7 cm³/mol. The normalized spacial score (nSPS) is 23.7. The summed E-state index contributed by atoms with van der Waals surface area (Å²) in [4.78, 5) is 13.6. The number of methoxy groups -OCH3 is 2. The average molecular weight is 259 g/mol. The van der Waals surface area contributed by atoms with Crippen LogP contribution < -0.4 is 0 Å². The van der Waals surface area contributed by atoms with Crippen LogP contribution in [0.3, 0.4) is 0 Å². The Balaban J connectivity index is 2.44. The first-order chi connectivity index (χ1) is 8.76. The summed E-state index contributed by atoms with van der Waals surface area (Å²) in [6.07, 6.45) is 2.86. The summed E-state index contributed by atoms with van der Waals surface area (Å²) >= 11 is 0. The smallest absolute Gasteiger partial charge is 0.129 e. The van der Waals surface area contributed by atoms with E-state index in [4.69, 9.17) is 14.2 Å². The molecule has 0 aromatic rings. The molecule has 1 aliphatic rings. The molecule has 1 heterocycles. The molecule has 1 fully saturated rings. The third-order valence-corrected chi connectivity index (χ3v) is 3.36. The number of ether oxygens (including phenoxy) is 3. The van der Waals surface area contributed by atoms with E-state index in [1.807, 2.05) is 0 Å². The molecule has 0 amide bonds. The monoisotopic (exact) mass is 259 g/mol. The summed E-state index contributed by atoms with van der Waals surface area (Å²) in [7, 11) is 3.40. The zero-order chi connectivity index (χ0) is 13.3. The van der Waals surface area contributed by atoms with Crippen molar-refractivity contribution in [3.8, 4) is 0 Å².